The van der Waals surface area contributed by atoms with E-state index >= 15 is 0 Å². The third-order valence-corrected chi connectivity index (χ3v) is 4.56. The average Bonchev–Trinajstić information content (AvgIpc) is 2.69. The quantitative estimate of drug-likeness (QED) is 0.796. The summed E-state index contributed by atoms with van der Waals surface area (Å²) in [5, 5.41) is 0. The minimum Gasteiger partial charge on any atom is -0.497 e. The van der Waals surface area contributed by atoms with Gasteiger partial charge in [0.25, 0.3) is 0 Å². The Labute approximate surface area is 126 Å². The van der Waals surface area contributed by atoms with Crippen LogP contribution in [0.2, 0.25) is 0 Å². The summed E-state index contributed by atoms with van der Waals surface area (Å²) in [5.74, 6) is 0.882. The molecule has 0 fully saturated rings. The van der Waals surface area contributed by atoms with Crippen LogP contribution in [0.1, 0.15) is 19.4 Å². The molecule has 0 aromatic heterocycles. The number of rotatable bonds is 2. The van der Waals surface area contributed by atoms with Gasteiger partial charge in [0.2, 0.25) is 0 Å². The van der Waals surface area contributed by atoms with E-state index < -0.39 is 0 Å². The lowest BCUT2D eigenvalue weighted by atomic mass is 9.80. The first kappa shape index (κ1) is 13.7. The Morgan fingerprint density at radius 3 is 2.33 bits per heavy atom. The van der Waals surface area contributed by atoms with Crippen LogP contribution in [0.4, 0.5) is 5.69 Å². The number of anilines is 1. The van der Waals surface area contributed by atoms with E-state index in [9.17, 15) is 0 Å². The molecule has 0 saturated heterocycles. The van der Waals surface area contributed by atoms with Crippen molar-refractivity contribution in [2.24, 2.45) is 0 Å². The molecule has 3 rings (SSSR count). The third-order valence-electron chi connectivity index (χ3n) is 4.56. The second-order valence-electron chi connectivity index (χ2n) is 6.06. The van der Waals surface area contributed by atoms with Crippen molar-refractivity contribution in [3.8, 4) is 16.9 Å². The molecule has 1 aliphatic rings. The summed E-state index contributed by atoms with van der Waals surface area (Å²) in [6, 6.07) is 14.7. The zero-order chi connectivity index (χ0) is 15.2. The molecule has 108 valence electrons. The van der Waals surface area contributed by atoms with Crippen LogP contribution in [0.15, 0.2) is 54.7 Å². The van der Waals surface area contributed by atoms with Gasteiger partial charge in [-0.15, -0.1) is 0 Å². The van der Waals surface area contributed by atoms with Gasteiger partial charge in [0.05, 0.1) is 7.11 Å². The molecule has 0 atom stereocenters. The number of fused-ring (bicyclic) bond motifs is 1. The molecule has 0 unspecified atom stereocenters. The topological polar surface area (TPSA) is 12.5 Å². The summed E-state index contributed by atoms with van der Waals surface area (Å²) >= 11 is 0. The number of nitrogens with zero attached hydrogens (tertiary/aromatic N) is 1. The molecule has 2 nitrogen and oxygen atoms in total. The molecule has 0 aliphatic carbocycles. The van der Waals surface area contributed by atoms with Crippen molar-refractivity contribution in [1.29, 1.82) is 0 Å². The summed E-state index contributed by atoms with van der Waals surface area (Å²) in [4.78, 5) is 2.20. The van der Waals surface area contributed by atoms with Gasteiger partial charge >= 0.3 is 0 Å². The molecule has 21 heavy (non-hydrogen) atoms. The summed E-state index contributed by atoms with van der Waals surface area (Å²) in [6.07, 6.45) is 0. The highest BCUT2D eigenvalue weighted by Gasteiger charge is 2.39. The van der Waals surface area contributed by atoms with Crippen LogP contribution in [-0.4, -0.2) is 14.2 Å². The first-order valence-corrected chi connectivity index (χ1v) is 7.18. The molecular formula is C19H21NO. The van der Waals surface area contributed by atoms with Gasteiger partial charge in [-0.05, 0) is 34.9 Å². The van der Waals surface area contributed by atoms with E-state index in [1.54, 1.807) is 7.11 Å². The van der Waals surface area contributed by atoms with Gasteiger partial charge in [0, 0.05) is 23.8 Å². The maximum absolute atomic E-state index is 5.25. The number of allylic oxidation sites excluding steroid dienone is 1. The Kier molecular flexibility index (Phi) is 3.05. The fourth-order valence-electron chi connectivity index (χ4n) is 3.20. The number of likely N-dealkylation sites (N-methyl/N-ethyl adjacent to an activating group) is 1. The number of hydrogen-bond donors (Lipinski definition) is 0. The molecule has 1 aliphatic heterocycles. The smallest absolute Gasteiger partial charge is 0.118 e. The molecule has 1 heterocycles. The van der Waals surface area contributed by atoms with Gasteiger partial charge in [0.15, 0.2) is 0 Å². The van der Waals surface area contributed by atoms with E-state index in [0.717, 1.165) is 11.4 Å². The first-order chi connectivity index (χ1) is 9.96. The summed E-state index contributed by atoms with van der Waals surface area (Å²) in [6.45, 7) is 8.75. The van der Waals surface area contributed by atoms with Gasteiger partial charge in [-0.1, -0.05) is 44.7 Å². The molecule has 0 amide bonds. The van der Waals surface area contributed by atoms with Crippen molar-refractivity contribution in [3.05, 3.63) is 60.3 Å². The first-order valence-electron chi connectivity index (χ1n) is 7.18. The number of hydrogen-bond acceptors (Lipinski definition) is 2. The van der Waals surface area contributed by atoms with Crippen LogP contribution >= 0.6 is 0 Å². The molecule has 0 N–H and O–H groups in total. The van der Waals surface area contributed by atoms with Crippen molar-refractivity contribution < 1.29 is 4.74 Å². The Balaban J connectivity index is 2.20. The van der Waals surface area contributed by atoms with Crippen LogP contribution in [0.3, 0.4) is 0 Å². The fourth-order valence-corrected chi connectivity index (χ4v) is 3.20. The van der Waals surface area contributed by atoms with Gasteiger partial charge in [0.1, 0.15) is 5.75 Å². The zero-order valence-electron chi connectivity index (χ0n) is 13.1. The summed E-state index contributed by atoms with van der Waals surface area (Å²) in [5.41, 5.74) is 6.16. The highest BCUT2D eigenvalue weighted by molar-refractivity contribution is 5.82. The van der Waals surface area contributed by atoms with Crippen LogP contribution in [0.25, 0.3) is 11.1 Å². The lowest BCUT2D eigenvalue weighted by Gasteiger charge is -2.23. The van der Waals surface area contributed by atoms with Crippen molar-refractivity contribution in [3.63, 3.8) is 0 Å². The summed E-state index contributed by atoms with van der Waals surface area (Å²) < 4.78 is 5.25. The second kappa shape index (κ2) is 4.66. The summed E-state index contributed by atoms with van der Waals surface area (Å²) in [7, 11) is 3.78. The molecule has 0 bridgehead atoms. The van der Waals surface area contributed by atoms with Crippen LogP contribution in [0, 0.1) is 0 Å². The van der Waals surface area contributed by atoms with E-state index in [-0.39, 0.29) is 5.41 Å². The van der Waals surface area contributed by atoms with E-state index in [4.69, 9.17) is 4.74 Å². The maximum Gasteiger partial charge on any atom is 0.118 e. The Bertz CT molecular complexity index is 698. The molecular weight excluding hydrogens is 258 g/mol. The standard InChI is InChI=1S/C19H21NO/c1-13-19(2,3)18-16(7-6-8-17(18)20(13)4)14-9-11-15(21-5)12-10-14/h6-12H,1H2,2-5H3. The van der Waals surface area contributed by atoms with E-state index in [1.165, 1.54) is 22.4 Å². The Hall–Kier alpha value is -2.22. The molecule has 2 aromatic carbocycles. The predicted octanol–water partition coefficient (Wildman–Crippen LogP) is 4.60. The SMILES string of the molecule is C=C1N(C)c2cccc(-c3ccc(OC)cc3)c2C1(C)C. The van der Waals surface area contributed by atoms with Gasteiger partial charge in [-0.3, -0.25) is 0 Å². The molecule has 2 heteroatoms. The average molecular weight is 279 g/mol. The minimum absolute atomic E-state index is 0.0550. The van der Waals surface area contributed by atoms with E-state index in [1.807, 2.05) is 12.1 Å². The Morgan fingerprint density at radius 2 is 1.71 bits per heavy atom. The molecule has 0 radical (unpaired) electrons. The highest BCUT2D eigenvalue weighted by Crippen LogP contribution is 2.50. The predicted molar refractivity (Wildman–Crippen MR) is 89.0 cm³/mol. The lowest BCUT2D eigenvalue weighted by molar-refractivity contribution is 0.415. The normalized spacial score (nSPS) is 16.0. The lowest BCUT2D eigenvalue weighted by Crippen LogP contribution is -2.21. The molecule has 0 spiro atoms. The maximum atomic E-state index is 5.25. The van der Waals surface area contributed by atoms with Gasteiger partial charge < -0.3 is 9.64 Å². The van der Waals surface area contributed by atoms with Crippen LogP contribution in [-0.2, 0) is 5.41 Å². The Morgan fingerprint density at radius 1 is 1.05 bits per heavy atom. The van der Waals surface area contributed by atoms with Crippen molar-refractivity contribution in [2.75, 3.05) is 19.1 Å². The van der Waals surface area contributed by atoms with Crippen LogP contribution < -0.4 is 9.64 Å². The van der Waals surface area contributed by atoms with Gasteiger partial charge in [-0.2, -0.15) is 0 Å². The minimum atomic E-state index is -0.0550. The van der Waals surface area contributed by atoms with E-state index in [2.05, 4.69) is 62.7 Å². The van der Waals surface area contributed by atoms with Gasteiger partial charge in [-0.25, -0.2) is 0 Å². The van der Waals surface area contributed by atoms with Crippen molar-refractivity contribution in [2.45, 2.75) is 19.3 Å². The monoisotopic (exact) mass is 279 g/mol. The van der Waals surface area contributed by atoms with E-state index in [0.29, 0.717) is 0 Å². The van der Waals surface area contributed by atoms with Crippen LogP contribution in [0.5, 0.6) is 5.75 Å². The molecule has 0 saturated carbocycles. The highest BCUT2D eigenvalue weighted by atomic mass is 16.5. The largest absolute Gasteiger partial charge is 0.497 e. The van der Waals surface area contributed by atoms with Crippen molar-refractivity contribution >= 4 is 5.69 Å². The molecule has 2 aromatic rings. The fraction of sp³-hybridized carbons (Fsp3) is 0.263. The number of ether oxygens (including phenoxy) is 1. The second-order valence-corrected chi connectivity index (χ2v) is 6.06. The number of benzene rings is 2. The third kappa shape index (κ3) is 1.94. The number of methoxy groups -OCH3 is 1. The van der Waals surface area contributed by atoms with Crippen molar-refractivity contribution in [1.82, 2.24) is 0 Å². The zero-order valence-corrected chi connectivity index (χ0v) is 13.1.